The number of aliphatic hydroxyl groups is 1. The SMILES string of the molecule is CC(O)C1=CCC(C[C@@H](C)c2ccccc2)C=C1. The van der Waals surface area contributed by atoms with Gasteiger partial charge in [0, 0.05) is 0 Å². The van der Waals surface area contributed by atoms with Crippen LogP contribution in [0, 0.1) is 5.92 Å². The van der Waals surface area contributed by atoms with Crippen LogP contribution >= 0.6 is 0 Å². The van der Waals surface area contributed by atoms with Gasteiger partial charge in [-0.3, -0.25) is 0 Å². The molecule has 1 N–H and O–H groups in total. The molecule has 96 valence electrons. The summed E-state index contributed by atoms with van der Waals surface area (Å²) in [5, 5.41) is 9.50. The molecule has 18 heavy (non-hydrogen) atoms. The summed E-state index contributed by atoms with van der Waals surface area (Å²) >= 11 is 0. The van der Waals surface area contributed by atoms with Gasteiger partial charge in [-0.2, -0.15) is 0 Å². The Morgan fingerprint density at radius 1 is 1.22 bits per heavy atom. The predicted octanol–water partition coefficient (Wildman–Crippen LogP) is 4.06. The smallest absolute Gasteiger partial charge is 0.0758 e. The fourth-order valence-electron chi connectivity index (χ4n) is 2.54. The van der Waals surface area contributed by atoms with Gasteiger partial charge in [-0.1, -0.05) is 55.5 Å². The second-order valence-electron chi connectivity index (χ2n) is 5.28. The van der Waals surface area contributed by atoms with Crippen LogP contribution in [0.25, 0.3) is 0 Å². The van der Waals surface area contributed by atoms with E-state index in [9.17, 15) is 5.11 Å². The highest BCUT2D eigenvalue weighted by Crippen LogP contribution is 2.29. The molecule has 3 atom stereocenters. The van der Waals surface area contributed by atoms with Gasteiger partial charge in [0.1, 0.15) is 0 Å². The van der Waals surface area contributed by atoms with E-state index in [0.717, 1.165) is 12.0 Å². The number of allylic oxidation sites excluding steroid dienone is 2. The van der Waals surface area contributed by atoms with Crippen molar-refractivity contribution in [3.63, 3.8) is 0 Å². The molecule has 0 saturated heterocycles. The summed E-state index contributed by atoms with van der Waals surface area (Å²) < 4.78 is 0. The lowest BCUT2D eigenvalue weighted by atomic mass is 9.85. The largest absolute Gasteiger partial charge is 0.389 e. The molecule has 1 aromatic carbocycles. The molecule has 2 unspecified atom stereocenters. The molecule has 1 aliphatic carbocycles. The van der Waals surface area contributed by atoms with E-state index >= 15 is 0 Å². The third-order valence-electron chi connectivity index (χ3n) is 3.72. The van der Waals surface area contributed by atoms with E-state index in [1.807, 2.05) is 6.92 Å². The lowest BCUT2D eigenvalue weighted by Crippen LogP contribution is -2.10. The minimum Gasteiger partial charge on any atom is -0.389 e. The Hall–Kier alpha value is -1.34. The number of hydrogen-bond donors (Lipinski definition) is 1. The quantitative estimate of drug-likeness (QED) is 0.844. The van der Waals surface area contributed by atoms with E-state index in [2.05, 4.69) is 55.5 Å². The van der Waals surface area contributed by atoms with Gasteiger partial charge in [-0.15, -0.1) is 0 Å². The maximum absolute atomic E-state index is 9.50. The van der Waals surface area contributed by atoms with Gasteiger partial charge >= 0.3 is 0 Å². The zero-order valence-electron chi connectivity index (χ0n) is 11.2. The van der Waals surface area contributed by atoms with E-state index in [0.29, 0.717) is 11.8 Å². The monoisotopic (exact) mass is 242 g/mol. The van der Waals surface area contributed by atoms with E-state index in [4.69, 9.17) is 0 Å². The Balaban J connectivity index is 1.91. The maximum atomic E-state index is 9.50. The van der Waals surface area contributed by atoms with E-state index in [-0.39, 0.29) is 6.10 Å². The standard InChI is InChI=1S/C17H22O/c1-13(16-6-4-3-5-7-16)12-15-8-10-17(11-9-15)14(2)18/h3-8,10-11,13-15,18H,9,12H2,1-2H3/t13-,14?,15?/m1/s1. The molecule has 0 aliphatic heterocycles. The van der Waals surface area contributed by atoms with Crippen LogP contribution in [-0.4, -0.2) is 11.2 Å². The molecule has 0 fully saturated rings. The van der Waals surface area contributed by atoms with Crippen LogP contribution in [0.15, 0.2) is 54.1 Å². The van der Waals surface area contributed by atoms with Gasteiger partial charge in [-0.25, -0.2) is 0 Å². The molecular formula is C17H22O. The summed E-state index contributed by atoms with van der Waals surface area (Å²) in [4.78, 5) is 0. The van der Waals surface area contributed by atoms with E-state index < -0.39 is 0 Å². The number of hydrogen-bond acceptors (Lipinski definition) is 1. The van der Waals surface area contributed by atoms with E-state index in [1.54, 1.807) is 0 Å². The molecule has 0 bridgehead atoms. The Bertz CT molecular complexity index is 428. The lowest BCUT2D eigenvalue weighted by molar-refractivity contribution is 0.234. The van der Waals surface area contributed by atoms with Crippen molar-refractivity contribution < 1.29 is 5.11 Å². The van der Waals surface area contributed by atoms with Crippen molar-refractivity contribution in [3.05, 3.63) is 59.7 Å². The lowest BCUT2D eigenvalue weighted by Gasteiger charge is -2.21. The average Bonchev–Trinajstić information content (AvgIpc) is 2.40. The third kappa shape index (κ3) is 3.33. The van der Waals surface area contributed by atoms with Crippen LogP contribution in [0.5, 0.6) is 0 Å². The molecule has 1 aliphatic rings. The number of rotatable bonds is 4. The van der Waals surface area contributed by atoms with Gasteiger partial charge in [0.2, 0.25) is 0 Å². The summed E-state index contributed by atoms with van der Waals surface area (Å²) in [6.45, 7) is 4.11. The van der Waals surface area contributed by atoms with Gasteiger partial charge in [0.25, 0.3) is 0 Å². The Labute approximate surface area is 110 Å². The third-order valence-corrected chi connectivity index (χ3v) is 3.72. The second-order valence-corrected chi connectivity index (χ2v) is 5.28. The van der Waals surface area contributed by atoms with Crippen LogP contribution in [0.4, 0.5) is 0 Å². The molecule has 0 heterocycles. The van der Waals surface area contributed by atoms with Gasteiger partial charge in [0.05, 0.1) is 6.10 Å². The first-order chi connectivity index (χ1) is 8.66. The Morgan fingerprint density at radius 3 is 2.50 bits per heavy atom. The summed E-state index contributed by atoms with van der Waals surface area (Å²) in [7, 11) is 0. The van der Waals surface area contributed by atoms with Crippen molar-refractivity contribution in [3.8, 4) is 0 Å². The van der Waals surface area contributed by atoms with Gasteiger partial charge < -0.3 is 5.11 Å². The summed E-state index contributed by atoms with van der Waals surface area (Å²) in [5.74, 6) is 1.19. The van der Waals surface area contributed by atoms with E-state index in [1.165, 1.54) is 12.0 Å². The minimum absolute atomic E-state index is 0.339. The van der Waals surface area contributed by atoms with Crippen molar-refractivity contribution in [2.75, 3.05) is 0 Å². The highest BCUT2D eigenvalue weighted by molar-refractivity contribution is 5.27. The predicted molar refractivity (Wildman–Crippen MR) is 76.5 cm³/mol. The minimum atomic E-state index is -0.339. The van der Waals surface area contributed by atoms with Crippen molar-refractivity contribution in [2.24, 2.45) is 5.92 Å². The molecule has 0 spiro atoms. The first-order valence-electron chi connectivity index (χ1n) is 6.78. The number of aliphatic hydroxyl groups excluding tert-OH is 1. The maximum Gasteiger partial charge on any atom is 0.0758 e. The Morgan fingerprint density at radius 2 is 1.94 bits per heavy atom. The zero-order chi connectivity index (χ0) is 13.0. The van der Waals surface area contributed by atoms with Crippen molar-refractivity contribution >= 4 is 0 Å². The molecule has 0 radical (unpaired) electrons. The number of benzene rings is 1. The van der Waals surface area contributed by atoms with Gasteiger partial charge in [-0.05, 0) is 42.7 Å². The van der Waals surface area contributed by atoms with Crippen LogP contribution in [0.2, 0.25) is 0 Å². The molecule has 1 nitrogen and oxygen atoms in total. The first-order valence-corrected chi connectivity index (χ1v) is 6.78. The molecule has 2 rings (SSSR count). The van der Waals surface area contributed by atoms with Crippen LogP contribution in [-0.2, 0) is 0 Å². The molecular weight excluding hydrogens is 220 g/mol. The fraction of sp³-hybridized carbons (Fsp3) is 0.412. The van der Waals surface area contributed by atoms with Gasteiger partial charge in [0.15, 0.2) is 0 Å². The average molecular weight is 242 g/mol. The molecule has 0 amide bonds. The summed E-state index contributed by atoms with van der Waals surface area (Å²) in [6.07, 6.45) is 8.39. The van der Waals surface area contributed by atoms with Crippen LogP contribution < -0.4 is 0 Å². The topological polar surface area (TPSA) is 20.2 Å². The molecule has 0 saturated carbocycles. The van der Waals surface area contributed by atoms with Crippen LogP contribution in [0.3, 0.4) is 0 Å². The fourth-order valence-corrected chi connectivity index (χ4v) is 2.54. The Kier molecular flexibility index (Phi) is 4.38. The highest BCUT2D eigenvalue weighted by Gasteiger charge is 2.15. The molecule has 1 aromatic rings. The first kappa shape index (κ1) is 13.1. The summed E-state index contributed by atoms with van der Waals surface area (Å²) in [5.41, 5.74) is 2.47. The summed E-state index contributed by atoms with van der Waals surface area (Å²) in [6, 6.07) is 10.7. The molecule has 0 aromatic heterocycles. The second kappa shape index (κ2) is 6.01. The van der Waals surface area contributed by atoms with Crippen molar-refractivity contribution in [2.45, 2.75) is 38.7 Å². The zero-order valence-corrected chi connectivity index (χ0v) is 11.2. The highest BCUT2D eigenvalue weighted by atomic mass is 16.3. The molecule has 1 heteroatoms. The normalized spacial score (nSPS) is 22.4. The van der Waals surface area contributed by atoms with Crippen LogP contribution in [0.1, 0.15) is 38.2 Å². The van der Waals surface area contributed by atoms with Crippen molar-refractivity contribution in [1.29, 1.82) is 0 Å². The van der Waals surface area contributed by atoms with Crippen molar-refractivity contribution in [1.82, 2.24) is 0 Å².